The summed E-state index contributed by atoms with van der Waals surface area (Å²) in [5.74, 6) is 1.79. The molecule has 2 rings (SSSR count). The van der Waals surface area contributed by atoms with Crippen molar-refractivity contribution in [3.05, 3.63) is 53.2 Å². The van der Waals surface area contributed by atoms with Crippen LogP contribution in [0.5, 0.6) is 5.75 Å². The number of benzene rings is 1. The van der Waals surface area contributed by atoms with Crippen LogP contribution in [0.3, 0.4) is 0 Å². The summed E-state index contributed by atoms with van der Waals surface area (Å²) in [4.78, 5) is 6.50. The van der Waals surface area contributed by atoms with E-state index >= 15 is 0 Å². The van der Waals surface area contributed by atoms with Gasteiger partial charge in [0.1, 0.15) is 11.6 Å². The lowest BCUT2D eigenvalue weighted by atomic mass is 10.1. The number of pyridine rings is 1. The van der Waals surface area contributed by atoms with Crippen molar-refractivity contribution in [2.45, 2.75) is 20.1 Å². The number of ether oxygens (including phenoxy) is 1. The Morgan fingerprint density at radius 3 is 2.70 bits per heavy atom. The standard InChI is InChI=1S/C16H20N2O2/c1-12-8-13(11-19)9-17-16(12)18(2)10-14-6-4-5-7-15(14)20-3/h4-9,19H,10-11H2,1-3H3. The van der Waals surface area contributed by atoms with Crippen LogP contribution in [-0.2, 0) is 13.2 Å². The third kappa shape index (κ3) is 3.08. The highest BCUT2D eigenvalue weighted by atomic mass is 16.5. The monoisotopic (exact) mass is 272 g/mol. The van der Waals surface area contributed by atoms with E-state index in [4.69, 9.17) is 9.84 Å². The third-order valence-corrected chi connectivity index (χ3v) is 3.25. The number of aliphatic hydroxyl groups is 1. The summed E-state index contributed by atoms with van der Waals surface area (Å²) in [5.41, 5.74) is 3.00. The summed E-state index contributed by atoms with van der Waals surface area (Å²) < 4.78 is 5.37. The number of anilines is 1. The molecule has 0 saturated carbocycles. The van der Waals surface area contributed by atoms with Crippen molar-refractivity contribution in [1.82, 2.24) is 4.98 Å². The van der Waals surface area contributed by atoms with Gasteiger partial charge in [0.15, 0.2) is 0 Å². The molecule has 1 aromatic carbocycles. The minimum absolute atomic E-state index is 0.0182. The van der Waals surface area contributed by atoms with Gasteiger partial charge in [0.25, 0.3) is 0 Å². The lowest BCUT2D eigenvalue weighted by Gasteiger charge is -2.21. The first-order valence-electron chi connectivity index (χ1n) is 6.55. The van der Waals surface area contributed by atoms with Crippen molar-refractivity contribution in [3.8, 4) is 5.75 Å². The molecular formula is C16H20N2O2. The molecule has 0 aliphatic heterocycles. The summed E-state index contributed by atoms with van der Waals surface area (Å²) in [6.07, 6.45) is 1.71. The predicted molar refractivity (Wildman–Crippen MR) is 80.0 cm³/mol. The SMILES string of the molecule is COc1ccccc1CN(C)c1ncc(CO)cc1C. The lowest BCUT2D eigenvalue weighted by molar-refractivity contribution is 0.281. The van der Waals surface area contributed by atoms with Gasteiger partial charge in [0.2, 0.25) is 0 Å². The molecular weight excluding hydrogens is 252 g/mol. The molecule has 0 saturated heterocycles. The smallest absolute Gasteiger partial charge is 0.131 e. The van der Waals surface area contributed by atoms with Crippen LogP contribution in [0, 0.1) is 6.92 Å². The van der Waals surface area contributed by atoms with Gasteiger partial charge in [-0.1, -0.05) is 18.2 Å². The van der Waals surface area contributed by atoms with Crippen molar-refractivity contribution in [1.29, 1.82) is 0 Å². The molecule has 0 aliphatic rings. The topological polar surface area (TPSA) is 45.6 Å². The maximum absolute atomic E-state index is 9.12. The highest BCUT2D eigenvalue weighted by Gasteiger charge is 2.10. The summed E-state index contributed by atoms with van der Waals surface area (Å²) in [6, 6.07) is 9.93. The molecule has 4 nitrogen and oxygen atoms in total. The van der Waals surface area contributed by atoms with E-state index in [1.54, 1.807) is 13.3 Å². The Hall–Kier alpha value is -2.07. The minimum Gasteiger partial charge on any atom is -0.496 e. The zero-order valence-corrected chi connectivity index (χ0v) is 12.1. The van der Waals surface area contributed by atoms with E-state index in [0.717, 1.165) is 34.8 Å². The molecule has 4 heteroatoms. The van der Waals surface area contributed by atoms with E-state index in [1.807, 2.05) is 44.3 Å². The van der Waals surface area contributed by atoms with Crippen LogP contribution in [0.15, 0.2) is 36.5 Å². The number of hydrogen-bond donors (Lipinski definition) is 1. The van der Waals surface area contributed by atoms with E-state index in [9.17, 15) is 0 Å². The Morgan fingerprint density at radius 1 is 1.30 bits per heavy atom. The van der Waals surface area contributed by atoms with E-state index in [2.05, 4.69) is 9.88 Å². The van der Waals surface area contributed by atoms with Crippen molar-refractivity contribution >= 4 is 5.82 Å². The molecule has 0 aliphatic carbocycles. The number of para-hydroxylation sites is 1. The molecule has 0 radical (unpaired) electrons. The molecule has 0 amide bonds. The van der Waals surface area contributed by atoms with Gasteiger partial charge in [-0.2, -0.15) is 0 Å². The van der Waals surface area contributed by atoms with Crippen molar-refractivity contribution in [2.75, 3.05) is 19.1 Å². The Kier molecular flexibility index (Phi) is 4.58. The highest BCUT2D eigenvalue weighted by Crippen LogP contribution is 2.23. The molecule has 0 spiro atoms. The van der Waals surface area contributed by atoms with Gasteiger partial charge in [-0.25, -0.2) is 4.98 Å². The molecule has 2 aromatic rings. The van der Waals surface area contributed by atoms with Crippen LogP contribution in [0.1, 0.15) is 16.7 Å². The molecule has 0 fully saturated rings. The largest absolute Gasteiger partial charge is 0.496 e. The zero-order chi connectivity index (χ0) is 14.5. The van der Waals surface area contributed by atoms with E-state index in [-0.39, 0.29) is 6.61 Å². The fourth-order valence-electron chi connectivity index (χ4n) is 2.28. The Balaban J connectivity index is 2.21. The highest BCUT2D eigenvalue weighted by molar-refractivity contribution is 5.48. The number of aromatic nitrogens is 1. The predicted octanol–water partition coefficient (Wildman–Crippen LogP) is 2.53. The second-order valence-corrected chi connectivity index (χ2v) is 4.81. The van der Waals surface area contributed by atoms with E-state index in [0.29, 0.717) is 0 Å². The fourth-order valence-corrected chi connectivity index (χ4v) is 2.28. The number of hydrogen-bond acceptors (Lipinski definition) is 4. The quantitative estimate of drug-likeness (QED) is 0.908. The van der Waals surface area contributed by atoms with E-state index < -0.39 is 0 Å². The number of nitrogens with zero attached hydrogens (tertiary/aromatic N) is 2. The summed E-state index contributed by atoms with van der Waals surface area (Å²) >= 11 is 0. The maximum Gasteiger partial charge on any atom is 0.131 e. The van der Waals surface area contributed by atoms with Gasteiger partial charge in [0.05, 0.1) is 13.7 Å². The second-order valence-electron chi connectivity index (χ2n) is 4.81. The number of rotatable bonds is 5. The average Bonchev–Trinajstić information content (AvgIpc) is 2.47. The zero-order valence-electron chi connectivity index (χ0n) is 12.1. The maximum atomic E-state index is 9.12. The molecule has 0 unspecified atom stereocenters. The lowest BCUT2D eigenvalue weighted by Crippen LogP contribution is -2.19. The van der Waals surface area contributed by atoms with Crippen LogP contribution >= 0.6 is 0 Å². The van der Waals surface area contributed by atoms with Crippen molar-refractivity contribution < 1.29 is 9.84 Å². The Morgan fingerprint density at radius 2 is 2.05 bits per heavy atom. The van der Waals surface area contributed by atoms with Gasteiger partial charge < -0.3 is 14.7 Å². The third-order valence-electron chi connectivity index (χ3n) is 3.25. The second kappa shape index (κ2) is 6.39. The first-order chi connectivity index (χ1) is 9.65. The van der Waals surface area contributed by atoms with Crippen LogP contribution in [-0.4, -0.2) is 24.2 Å². The molecule has 0 bridgehead atoms. The Labute approximate surface area is 119 Å². The van der Waals surface area contributed by atoms with Crippen molar-refractivity contribution in [3.63, 3.8) is 0 Å². The van der Waals surface area contributed by atoms with Crippen LogP contribution < -0.4 is 9.64 Å². The Bertz CT molecular complexity index is 584. The van der Waals surface area contributed by atoms with Crippen LogP contribution in [0.2, 0.25) is 0 Å². The molecule has 0 atom stereocenters. The minimum atomic E-state index is 0.0182. The van der Waals surface area contributed by atoms with Gasteiger partial charge in [-0.3, -0.25) is 0 Å². The summed E-state index contributed by atoms with van der Waals surface area (Å²) in [7, 11) is 3.68. The van der Waals surface area contributed by atoms with Gasteiger partial charge in [-0.05, 0) is 30.2 Å². The average molecular weight is 272 g/mol. The molecule has 106 valence electrons. The normalized spacial score (nSPS) is 10.4. The molecule has 20 heavy (non-hydrogen) atoms. The van der Waals surface area contributed by atoms with Crippen LogP contribution in [0.4, 0.5) is 5.82 Å². The first kappa shape index (κ1) is 14.3. The van der Waals surface area contributed by atoms with Gasteiger partial charge in [-0.15, -0.1) is 0 Å². The number of aryl methyl sites for hydroxylation is 1. The number of methoxy groups -OCH3 is 1. The molecule has 1 heterocycles. The first-order valence-corrected chi connectivity index (χ1v) is 6.55. The molecule has 1 N–H and O–H groups in total. The fraction of sp³-hybridized carbons (Fsp3) is 0.312. The van der Waals surface area contributed by atoms with Gasteiger partial charge >= 0.3 is 0 Å². The molecule has 1 aromatic heterocycles. The number of aliphatic hydroxyl groups excluding tert-OH is 1. The summed E-state index contributed by atoms with van der Waals surface area (Å²) in [6.45, 7) is 2.74. The summed E-state index contributed by atoms with van der Waals surface area (Å²) in [5, 5.41) is 9.12. The van der Waals surface area contributed by atoms with E-state index in [1.165, 1.54) is 0 Å². The van der Waals surface area contributed by atoms with Crippen molar-refractivity contribution in [2.24, 2.45) is 0 Å². The van der Waals surface area contributed by atoms with Gasteiger partial charge in [0, 0.05) is 25.4 Å². The van der Waals surface area contributed by atoms with Crippen LogP contribution in [0.25, 0.3) is 0 Å².